The predicted molar refractivity (Wildman–Crippen MR) is 109 cm³/mol. The van der Waals surface area contributed by atoms with Crippen molar-refractivity contribution in [1.82, 2.24) is 4.90 Å². The van der Waals surface area contributed by atoms with Gasteiger partial charge in [-0.25, -0.2) is 0 Å². The normalized spacial score (nSPS) is 18.3. The molecule has 1 atom stereocenters. The Bertz CT molecular complexity index is 1000. The van der Waals surface area contributed by atoms with Crippen LogP contribution in [-0.2, 0) is 14.4 Å². The Labute approximate surface area is 177 Å². The summed E-state index contributed by atoms with van der Waals surface area (Å²) in [5.41, 5.74) is 0.704. The number of carboxylic acids is 1. The van der Waals surface area contributed by atoms with Crippen molar-refractivity contribution in [3.05, 3.63) is 75.3 Å². The molecule has 0 spiro atoms. The second kappa shape index (κ2) is 8.68. The molecule has 1 fully saturated rings. The summed E-state index contributed by atoms with van der Waals surface area (Å²) in [6.07, 6.45) is -0.0157. The van der Waals surface area contributed by atoms with E-state index in [4.69, 9.17) is 28.3 Å². The highest BCUT2D eigenvalue weighted by Crippen LogP contribution is 2.42. The predicted octanol–water partition coefficient (Wildman–Crippen LogP) is 4.28. The molecule has 2 aromatic rings. The molecule has 2 N–H and O–H groups in total. The number of nitrogens with zero attached hydrogens (tertiary/aromatic N) is 1. The second-order valence-electron chi connectivity index (χ2n) is 6.52. The molecular weight excluding hydrogens is 417 g/mol. The van der Waals surface area contributed by atoms with Gasteiger partial charge in [0.25, 0.3) is 11.7 Å². The number of benzene rings is 2. The summed E-state index contributed by atoms with van der Waals surface area (Å²) < 4.78 is 0. The minimum Gasteiger partial charge on any atom is -0.507 e. The van der Waals surface area contributed by atoms with E-state index in [-0.39, 0.29) is 35.7 Å². The van der Waals surface area contributed by atoms with Gasteiger partial charge < -0.3 is 15.1 Å². The van der Waals surface area contributed by atoms with E-state index in [1.165, 1.54) is 11.0 Å². The largest absolute Gasteiger partial charge is 0.507 e. The molecule has 0 saturated carbocycles. The molecule has 0 unspecified atom stereocenters. The van der Waals surface area contributed by atoms with E-state index in [1.807, 2.05) is 0 Å². The van der Waals surface area contributed by atoms with Gasteiger partial charge in [0.15, 0.2) is 0 Å². The summed E-state index contributed by atoms with van der Waals surface area (Å²) in [4.78, 5) is 37.6. The topological polar surface area (TPSA) is 94.9 Å². The summed E-state index contributed by atoms with van der Waals surface area (Å²) in [7, 11) is 0. The number of ketones is 1. The molecule has 8 heteroatoms. The Hall–Kier alpha value is -2.83. The number of halogens is 2. The summed E-state index contributed by atoms with van der Waals surface area (Å²) in [6.45, 7) is 0.0199. The monoisotopic (exact) mass is 433 g/mol. The van der Waals surface area contributed by atoms with Crippen LogP contribution >= 0.6 is 23.2 Å². The van der Waals surface area contributed by atoms with Crippen molar-refractivity contribution < 1.29 is 24.6 Å². The number of hydrogen-bond acceptors (Lipinski definition) is 4. The first-order chi connectivity index (χ1) is 13.8. The van der Waals surface area contributed by atoms with E-state index in [9.17, 15) is 19.5 Å². The van der Waals surface area contributed by atoms with Gasteiger partial charge in [0.2, 0.25) is 0 Å². The highest BCUT2D eigenvalue weighted by molar-refractivity contribution is 6.47. The molecule has 1 heterocycles. The van der Waals surface area contributed by atoms with Crippen LogP contribution in [-0.4, -0.2) is 39.3 Å². The van der Waals surface area contributed by atoms with Gasteiger partial charge in [0.1, 0.15) is 5.76 Å². The number of rotatable bonds is 6. The SMILES string of the molecule is O=C(O)CCCN1C(=O)C(=O)C(=C(O)c2ccccc2)[C@@H]1c1ccc(Cl)cc1Cl. The highest BCUT2D eigenvalue weighted by atomic mass is 35.5. The lowest BCUT2D eigenvalue weighted by Crippen LogP contribution is -2.31. The van der Waals surface area contributed by atoms with Crippen molar-refractivity contribution in [2.45, 2.75) is 18.9 Å². The van der Waals surface area contributed by atoms with Crippen LogP contribution in [0.25, 0.3) is 5.76 Å². The van der Waals surface area contributed by atoms with E-state index < -0.39 is 23.7 Å². The molecule has 0 aliphatic carbocycles. The van der Waals surface area contributed by atoms with Crippen LogP contribution < -0.4 is 0 Å². The van der Waals surface area contributed by atoms with Crippen molar-refractivity contribution in [3.8, 4) is 0 Å². The maximum absolute atomic E-state index is 12.8. The molecule has 1 saturated heterocycles. The van der Waals surface area contributed by atoms with Crippen LogP contribution in [0.4, 0.5) is 0 Å². The van der Waals surface area contributed by atoms with Gasteiger partial charge in [-0.1, -0.05) is 59.6 Å². The molecule has 0 bridgehead atoms. The number of Topliss-reactive ketones (excluding diaryl/α,β-unsaturated/α-hetero) is 1. The van der Waals surface area contributed by atoms with Gasteiger partial charge in [-0.3, -0.25) is 14.4 Å². The Balaban J connectivity index is 2.13. The summed E-state index contributed by atoms with van der Waals surface area (Å²) in [5, 5.41) is 20.3. The number of hydrogen-bond donors (Lipinski definition) is 2. The molecule has 29 heavy (non-hydrogen) atoms. The standard InChI is InChI=1S/C21H17Cl2NO5/c22-13-8-9-14(15(23)11-13)18-17(19(27)12-5-2-1-3-6-12)20(28)21(29)24(18)10-4-7-16(25)26/h1-3,5-6,8-9,11,18,27H,4,7,10H2,(H,25,26)/t18-/m0/s1. The zero-order valence-corrected chi connectivity index (χ0v) is 16.7. The number of carboxylic acid groups (broad SMARTS) is 1. The molecule has 1 amide bonds. The molecule has 6 nitrogen and oxygen atoms in total. The lowest BCUT2D eigenvalue weighted by atomic mass is 9.95. The van der Waals surface area contributed by atoms with Gasteiger partial charge in [-0.15, -0.1) is 0 Å². The third-order valence-electron chi connectivity index (χ3n) is 4.63. The fourth-order valence-electron chi connectivity index (χ4n) is 3.31. The lowest BCUT2D eigenvalue weighted by molar-refractivity contribution is -0.140. The van der Waals surface area contributed by atoms with Gasteiger partial charge in [0, 0.05) is 28.6 Å². The minimum atomic E-state index is -1.01. The van der Waals surface area contributed by atoms with E-state index in [1.54, 1.807) is 42.5 Å². The van der Waals surface area contributed by atoms with Crippen LogP contribution in [0.5, 0.6) is 0 Å². The number of carbonyl (C=O) groups excluding carboxylic acids is 2. The fourth-order valence-corrected chi connectivity index (χ4v) is 3.82. The van der Waals surface area contributed by atoms with Gasteiger partial charge in [0.05, 0.1) is 11.6 Å². The van der Waals surface area contributed by atoms with Crippen molar-refractivity contribution in [3.63, 3.8) is 0 Å². The van der Waals surface area contributed by atoms with Gasteiger partial charge >= 0.3 is 5.97 Å². The van der Waals surface area contributed by atoms with Crippen LogP contribution in [0.1, 0.15) is 30.0 Å². The summed E-state index contributed by atoms with van der Waals surface area (Å²) in [5.74, 6) is -2.99. The van der Waals surface area contributed by atoms with E-state index in [0.29, 0.717) is 16.1 Å². The molecule has 3 rings (SSSR count). The van der Waals surface area contributed by atoms with E-state index in [2.05, 4.69) is 0 Å². The van der Waals surface area contributed by atoms with Crippen LogP contribution in [0.15, 0.2) is 54.1 Å². The zero-order valence-electron chi connectivity index (χ0n) is 15.1. The zero-order chi connectivity index (χ0) is 21.1. The Kier molecular flexibility index (Phi) is 6.25. The maximum Gasteiger partial charge on any atom is 0.303 e. The third kappa shape index (κ3) is 4.28. The van der Waals surface area contributed by atoms with Crippen LogP contribution in [0.3, 0.4) is 0 Å². The number of carbonyl (C=O) groups is 3. The quantitative estimate of drug-likeness (QED) is 0.402. The van der Waals surface area contributed by atoms with Crippen molar-refractivity contribution in [1.29, 1.82) is 0 Å². The second-order valence-corrected chi connectivity index (χ2v) is 7.37. The van der Waals surface area contributed by atoms with Gasteiger partial charge in [-0.05, 0) is 24.1 Å². The first-order valence-corrected chi connectivity index (χ1v) is 9.57. The molecule has 0 radical (unpaired) electrons. The van der Waals surface area contributed by atoms with Crippen molar-refractivity contribution in [2.75, 3.05) is 6.54 Å². The van der Waals surface area contributed by atoms with E-state index in [0.717, 1.165) is 0 Å². The first-order valence-electron chi connectivity index (χ1n) is 8.82. The molecule has 0 aromatic heterocycles. The van der Waals surface area contributed by atoms with E-state index >= 15 is 0 Å². The number of likely N-dealkylation sites (tertiary alicyclic amines) is 1. The maximum atomic E-state index is 12.8. The first kappa shape index (κ1) is 20.9. The number of aliphatic carboxylic acids is 1. The lowest BCUT2D eigenvalue weighted by Gasteiger charge is -2.26. The average molecular weight is 434 g/mol. The van der Waals surface area contributed by atoms with Crippen molar-refractivity contribution in [2.24, 2.45) is 0 Å². The fraction of sp³-hybridized carbons (Fsp3) is 0.190. The molecule has 150 valence electrons. The van der Waals surface area contributed by atoms with Crippen LogP contribution in [0, 0.1) is 0 Å². The number of amides is 1. The third-order valence-corrected chi connectivity index (χ3v) is 5.20. The highest BCUT2D eigenvalue weighted by Gasteiger charge is 2.46. The Morgan fingerprint density at radius 2 is 1.72 bits per heavy atom. The molecule has 1 aliphatic rings. The number of aliphatic hydroxyl groups is 1. The summed E-state index contributed by atoms with van der Waals surface area (Å²) >= 11 is 12.3. The smallest absolute Gasteiger partial charge is 0.303 e. The van der Waals surface area contributed by atoms with Crippen LogP contribution in [0.2, 0.25) is 10.0 Å². The Morgan fingerprint density at radius 3 is 2.34 bits per heavy atom. The summed E-state index contributed by atoms with van der Waals surface area (Å²) in [6, 6.07) is 12.1. The molecule has 2 aromatic carbocycles. The minimum absolute atomic E-state index is 0.0199. The molecular formula is C21H17Cl2NO5. The average Bonchev–Trinajstić information content (AvgIpc) is 2.93. The Morgan fingerprint density at radius 1 is 1.03 bits per heavy atom. The molecule has 1 aliphatic heterocycles. The van der Waals surface area contributed by atoms with Crippen molar-refractivity contribution >= 4 is 46.6 Å². The number of aliphatic hydroxyl groups excluding tert-OH is 1. The van der Waals surface area contributed by atoms with Gasteiger partial charge in [-0.2, -0.15) is 0 Å².